The lowest BCUT2D eigenvalue weighted by Crippen LogP contribution is -2.39. The molecule has 1 amide bonds. The van der Waals surface area contributed by atoms with Crippen LogP contribution in [0.1, 0.15) is 12.8 Å². The number of nitrogens with zero attached hydrogens (tertiary/aromatic N) is 4. The number of benzene rings is 2. The molecule has 0 radical (unpaired) electrons. The molecule has 0 spiro atoms. The second kappa shape index (κ2) is 9.81. The highest BCUT2D eigenvalue weighted by Gasteiger charge is 2.30. The van der Waals surface area contributed by atoms with E-state index < -0.39 is 20.0 Å². The van der Waals surface area contributed by atoms with E-state index in [4.69, 9.17) is 0 Å². The Labute approximate surface area is 196 Å². The first-order chi connectivity index (χ1) is 15.8. The average Bonchev–Trinajstić information content (AvgIpc) is 3.27. The van der Waals surface area contributed by atoms with Crippen molar-refractivity contribution < 1.29 is 21.6 Å². The van der Waals surface area contributed by atoms with Gasteiger partial charge in [0.25, 0.3) is 0 Å². The third-order valence-corrected chi connectivity index (χ3v) is 9.72. The monoisotopic (exact) mass is 509 g/mol. The van der Waals surface area contributed by atoms with Gasteiger partial charge in [0.2, 0.25) is 26.0 Å². The van der Waals surface area contributed by atoms with E-state index >= 15 is 0 Å². The van der Waals surface area contributed by atoms with Gasteiger partial charge >= 0.3 is 0 Å². The Morgan fingerprint density at radius 2 is 1.55 bits per heavy atom. The van der Waals surface area contributed by atoms with Gasteiger partial charge in [0.05, 0.1) is 16.6 Å². The molecule has 0 bridgehead atoms. The van der Waals surface area contributed by atoms with Gasteiger partial charge in [0.1, 0.15) is 15.9 Å². The molecule has 0 unspecified atom stereocenters. The molecule has 4 rings (SSSR count). The number of rotatable bonds is 4. The molecule has 0 aliphatic carbocycles. The summed E-state index contributed by atoms with van der Waals surface area (Å²) in [5.41, 5.74) is 0.793. The molecule has 33 heavy (non-hydrogen) atoms. The lowest BCUT2D eigenvalue weighted by molar-refractivity contribution is -0.121. The van der Waals surface area contributed by atoms with Crippen LogP contribution in [0.3, 0.4) is 0 Å². The summed E-state index contributed by atoms with van der Waals surface area (Å²) in [6.07, 6.45) is 0.257. The van der Waals surface area contributed by atoms with Gasteiger partial charge in [-0.3, -0.25) is 4.79 Å². The molecule has 1 aromatic heterocycles. The smallest absolute Gasteiger partial charge is 0.245 e. The number of nitrogens with one attached hydrogen (secondary N) is 1. The van der Waals surface area contributed by atoms with E-state index in [0.717, 1.165) is 11.7 Å². The molecule has 1 N–H and O–H groups in total. The number of fused-ring (bicyclic) bond motifs is 1. The summed E-state index contributed by atoms with van der Waals surface area (Å²) in [4.78, 5) is 12.4. The van der Waals surface area contributed by atoms with Crippen LogP contribution in [0, 0.1) is 0 Å². The second-order valence-electron chi connectivity index (χ2n) is 7.46. The van der Waals surface area contributed by atoms with E-state index in [1.807, 2.05) is 0 Å². The van der Waals surface area contributed by atoms with E-state index in [9.17, 15) is 21.6 Å². The van der Waals surface area contributed by atoms with Crippen molar-refractivity contribution in [1.29, 1.82) is 0 Å². The molecule has 13 heteroatoms. The van der Waals surface area contributed by atoms with Gasteiger partial charge in [-0.05, 0) is 30.7 Å². The molecule has 0 saturated carbocycles. The lowest BCUT2D eigenvalue weighted by Gasteiger charge is -2.24. The highest BCUT2D eigenvalue weighted by molar-refractivity contribution is 7.89. The third-order valence-electron chi connectivity index (χ3n) is 5.33. The summed E-state index contributed by atoms with van der Waals surface area (Å²) >= 11 is 0.934. The minimum absolute atomic E-state index is 0.0113. The Hall–Kier alpha value is -2.45. The maximum atomic E-state index is 13.4. The van der Waals surface area contributed by atoms with Crippen LogP contribution in [0.2, 0.25) is 0 Å². The Morgan fingerprint density at radius 1 is 0.818 bits per heavy atom. The molecule has 176 valence electrons. The molecule has 2 heterocycles. The van der Waals surface area contributed by atoms with Crippen LogP contribution in [0.25, 0.3) is 11.0 Å². The van der Waals surface area contributed by atoms with Crippen LogP contribution >= 0.6 is 11.7 Å². The van der Waals surface area contributed by atoms with Crippen molar-refractivity contribution in [2.24, 2.45) is 0 Å². The summed E-state index contributed by atoms with van der Waals surface area (Å²) in [7, 11) is -7.77. The highest BCUT2D eigenvalue weighted by Crippen LogP contribution is 2.25. The van der Waals surface area contributed by atoms with Crippen LogP contribution < -0.4 is 5.32 Å². The normalized spacial score (nSPS) is 18.0. The summed E-state index contributed by atoms with van der Waals surface area (Å²) in [5.74, 6) is -0.340. The summed E-state index contributed by atoms with van der Waals surface area (Å²) < 4.78 is 63.8. The fraction of sp³-hybridized carbons (Fsp3) is 0.350. The number of carbonyl (C=O) groups is 1. The van der Waals surface area contributed by atoms with Crippen LogP contribution in [-0.4, -0.2) is 72.8 Å². The lowest BCUT2D eigenvalue weighted by atomic mass is 10.3. The van der Waals surface area contributed by atoms with Crippen molar-refractivity contribution >= 4 is 48.7 Å². The molecule has 10 nitrogen and oxygen atoms in total. The molecular weight excluding hydrogens is 486 g/mol. The Kier molecular flexibility index (Phi) is 7.05. The van der Waals surface area contributed by atoms with Gasteiger partial charge in [-0.15, -0.1) is 0 Å². The van der Waals surface area contributed by atoms with Crippen molar-refractivity contribution in [1.82, 2.24) is 22.7 Å². The van der Waals surface area contributed by atoms with Crippen molar-refractivity contribution in [3.8, 4) is 0 Å². The SMILES string of the molecule is O=C1CCN(S(=O)(=O)c2ccccc2)CCCN(S(=O)(=O)c2cccc3nsnc23)CCN1. The highest BCUT2D eigenvalue weighted by atomic mass is 32.2. The number of sulfonamides is 2. The van der Waals surface area contributed by atoms with E-state index in [2.05, 4.69) is 14.1 Å². The van der Waals surface area contributed by atoms with E-state index in [-0.39, 0.29) is 61.3 Å². The van der Waals surface area contributed by atoms with Crippen molar-refractivity contribution in [3.05, 3.63) is 48.5 Å². The second-order valence-corrected chi connectivity index (χ2v) is 11.8. The van der Waals surface area contributed by atoms with Crippen LogP contribution in [0.4, 0.5) is 0 Å². The topological polar surface area (TPSA) is 130 Å². The third kappa shape index (κ3) is 5.06. The zero-order valence-electron chi connectivity index (χ0n) is 17.6. The van der Waals surface area contributed by atoms with Gasteiger partial charge in [0.15, 0.2) is 0 Å². The predicted molar refractivity (Wildman–Crippen MR) is 124 cm³/mol. The van der Waals surface area contributed by atoms with Crippen LogP contribution in [0.5, 0.6) is 0 Å². The minimum atomic E-state index is -3.94. The average molecular weight is 510 g/mol. The summed E-state index contributed by atoms with van der Waals surface area (Å²) in [6.45, 7) is 0.369. The molecule has 1 fully saturated rings. The summed E-state index contributed by atoms with van der Waals surface area (Å²) in [6, 6.07) is 12.8. The first-order valence-electron chi connectivity index (χ1n) is 10.3. The first-order valence-corrected chi connectivity index (χ1v) is 13.9. The van der Waals surface area contributed by atoms with Gasteiger partial charge in [0, 0.05) is 39.1 Å². The minimum Gasteiger partial charge on any atom is -0.355 e. The predicted octanol–water partition coefficient (Wildman–Crippen LogP) is 1.28. The first kappa shape index (κ1) is 23.7. The Bertz CT molecular complexity index is 1340. The largest absolute Gasteiger partial charge is 0.355 e. The molecule has 1 saturated heterocycles. The molecule has 0 atom stereocenters. The van der Waals surface area contributed by atoms with Gasteiger partial charge < -0.3 is 5.32 Å². The Morgan fingerprint density at radius 3 is 2.30 bits per heavy atom. The zero-order chi connectivity index (χ0) is 23.5. The maximum absolute atomic E-state index is 13.4. The molecule has 1 aliphatic heterocycles. The maximum Gasteiger partial charge on any atom is 0.245 e. The number of hydrogen-bond donors (Lipinski definition) is 1. The van der Waals surface area contributed by atoms with E-state index in [1.54, 1.807) is 30.3 Å². The van der Waals surface area contributed by atoms with Gasteiger partial charge in [-0.25, -0.2) is 16.8 Å². The molecule has 3 aromatic rings. The van der Waals surface area contributed by atoms with Gasteiger partial charge in [-0.2, -0.15) is 17.4 Å². The van der Waals surface area contributed by atoms with Crippen LogP contribution in [0.15, 0.2) is 58.3 Å². The number of amides is 1. The fourth-order valence-corrected chi connectivity index (χ4v) is 7.36. The van der Waals surface area contributed by atoms with Crippen molar-refractivity contribution in [2.75, 3.05) is 32.7 Å². The number of carbonyl (C=O) groups excluding carboxylic acids is 1. The molecule has 2 aromatic carbocycles. The van der Waals surface area contributed by atoms with Crippen molar-refractivity contribution in [3.63, 3.8) is 0 Å². The van der Waals surface area contributed by atoms with Crippen molar-refractivity contribution in [2.45, 2.75) is 22.6 Å². The zero-order valence-corrected chi connectivity index (χ0v) is 20.1. The standard InChI is InChI=1S/C20H23N5O5S3/c26-19-10-14-24(32(27,28)16-6-2-1-3-7-16)12-5-13-25(15-11-21-19)33(29,30)18-9-4-8-17-20(18)23-31-22-17/h1-4,6-9H,5,10-15H2,(H,21,26). The Balaban J connectivity index is 1.60. The van der Waals surface area contributed by atoms with E-state index in [1.165, 1.54) is 26.8 Å². The number of hydrogen-bond acceptors (Lipinski definition) is 8. The summed E-state index contributed by atoms with van der Waals surface area (Å²) in [5, 5.41) is 2.69. The molecule has 1 aliphatic rings. The van der Waals surface area contributed by atoms with E-state index in [0.29, 0.717) is 11.0 Å². The van der Waals surface area contributed by atoms with Crippen LogP contribution in [-0.2, 0) is 24.8 Å². The molecular formula is C20H23N5O5S3. The number of aromatic nitrogens is 2. The van der Waals surface area contributed by atoms with Gasteiger partial charge in [-0.1, -0.05) is 24.3 Å². The quantitative estimate of drug-likeness (QED) is 0.561. The fourth-order valence-electron chi connectivity index (χ4n) is 3.63.